The van der Waals surface area contributed by atoms with Crippen LogP contribution in [-0.2, 0) is 4.74 Å². The molecule has 0 rings (SSSR count). The van der Waals surface area contributed by atoms with Gasteiger partial charge in [-0.3, -0.25) is 0 Å². The highest BCUT2D eigenvalue weighted by Crippen LogP contribution is 2.31. The number of halogens is 3. The van der Waals surface area contributed by atoms with E-state index >= 15 is 0 Å². The third kappa shape index (κ3) is 4.59. The van der Waals surface area contributed by atoms with Crippen molar-refractivity contribution in [2.24, 2.45) is 5.92 Å². The van der Waals surface area contributed by atoms with E-state index in [1.54, 1.807) is 6.92 Å². The lowest BCUT2D eigenvalue weighted by Crippen LogP contribution is -2.22. The molecule has 0 N–H and O–H groups in total. The number of hydrogen-bond acceptors (Lipinski definition) is 1. The minimum atomic E-state index is -4.04. The Hall–Kier alpha value is -0.250. The van der Waals surface area contributed by atoms with Crippen LogP contribution >= 0.6 is 0 Å². The van der Waals surface area contributed by atoms with Crippen LogP contribution in [0.4, 0.5) is 13.2 Å². The predicted molar refractivity (Wildman–Crippen MR) is 40.9 cm³/mol. The van der Waals surface area contributed by atoms with Gasteiger partial charge in [0.15, 0.2) is 0 Å². The Balaban J connectivity index is 3.68. The molecule has 0 aliphatic carbocycles. The van der Waals surface area contributed by atoms with Crippen molar-refractivity contribution in [3.05, 3.63) is 0 Å². The Morgan fingerprint density at radius 3 is 2.25 bits per heavy atom. The van der Waals surface area contributed by atoms with Crippen LogP contribution in [0.3, 0.4) is 0 Å². The SMILES string of the molecule is CC[C@@H](CCCOC)C(F)(F)F. The molecular formula is C8H15F3O. The molecule has 0 saturated heterocycles. The van der Waals surface area contributed by atoms with E-state index in [1.165, 1.54) is 7.11 Å². The largest absolute Gasteiger partial charge is 0.391 e. The Labute approximate surface area is 70.9 Å². The first-order valence-corrected chi connectivity index (χ1v) is 4.08. The van der Waals surface area contributed by atoms with E-state index in [1.807, 2.05) is 0 Å². The highest BCUT2D eigenvalue weighted by Gasteiger charge is 2.37. The standard InChI is InChI=1S/C8H15F3O/c1-3-7(8(9,10)11)5-4-6-12-2/h7H,3-6H2,1-2H3/t7-/m0/s1. The van der Waals surface area contributed by atoms with Gasteiger partial charge in [0.1, 0.15) is 0 Å². The summed E-state index contributed by atoms with van der Waals surface area (Å²) in [7, 11) is 1.49. The van der Waals surface area contributed by atoms with Crippen molar-refractivity contribution < 1.29 is 17.9 Å². The highest BCUT2D eigenvalue weighted by atomic mass is 19.4. The van der Waals surface area contributed by atoms with E-state index in [0.717, 1.165) is 0 Å². The number of ether oxygens (including phenoxy) is 1. The van der Waals surface area contributed by atoms with Crippen molar-refractivity contribution in [2.45, 2.75) is 32.4 Å². The van der Waals surface area contributed by atoms with Crippen LogP contribution in [0, 0.1) is 5.92 Å². The fourth-order valence-electron chi connectivity index (χ4n) is 1.07. The fourth-order valence-corrected chi connectivity index (χ4v) is 1.07. The molecule has 0 aromatic heterocycles. The topological polar surface area (TPSA) is 9.23 Å². The van der Waals surface area contributed by atoms with Gasteiger partial charge in [0.25, 0.3) is 0 Å². The molecule has 0 amide bonds. The second-order valence-corrected chi connectivity index (χ2v) is 2.78. The minimum Gasteiger partial charge on any atom is -0.385 e. The summed E-state index contributed by atoms with van der Waals surface area (Å²) in [6, 6.07) is 0. The number of alkyl halides is 3. The Morgan fingerprint density at radius 1 is 1.33 bits per heavy atom. The monoisotopic (exact) mass is 184 g/mol. The van der Waals surface area contributed by atoms with Gasteiger partial charge in [-0.2, -0.15) is 13.2 Å². The summed E-state index contributed by atoms with van der Waals surface area (Å²) in [5.41, 5.74) is 0. The van der Waals surface area contributed by atoms with E-state index in [0.29, 0.717) is 13.0 Å². The number of hydrogen-bond donors (Lipinski definition) is 0. The van der Waals surface area contributed by atoms with Crippen LogP contribution in [0.5, 0.6) is 0 Å². The lowest BCUT2D eigenvalue weighted by Gasteiger charge is -2.17. The van der Waals surface area contributed by atoms with Gasteiger partial charge in [-0.15, -0.1) is 0 Å². The molecule has 1 nitrogen and oxygen atoms in total. The van der Waals surface area contributed by atoms with E-state index < -0.39 is 12.1 Å². The van der Waals surface area contributed by atoms with Crippen LogP contribution in [0.1, 0.15) is 26.2 Å². The molecule has 4 heteroatoms. The quantitative estimate of drug-likeness (QED) is 0.597. The smallest absolute Gasteiger partial charge is 0.385 e. The summed E-state index contributed by atoms with van der Waals surface area (Å²) < 4.78 is 41.0. The fraction of sp³-hybridized carbons (Fsp3) is 1.00. The van der Waals surface area contributed by atoms with Crippen LogP contribution < -0.4 is 0 Å². The summed E-state index contributed by atoms with van der Waals surface area (Å²) in [5, 5.41) is 0. The normalized spacial score (nSPS) is 14.8. The second-order valence-electron chi connectivity index (χ2n) is 2.78. The molecule has 0 radical (unpaired) electrons. The molecule has 0 fully saturated rings. The van der Waals surface area contributed by atoms with Gasteiger partial charge >= 0.3 is 6.18 Å². The summed E-state index contributed by atoms with van der Waals surface area (Å²) in [6.45, 7) is 1.97. The zero-order valence-corrected chi connectivity index (χ0v) is 7.45. The Morgan fingerprint density at radius 2 is 1.92 bits per heavy atom. The average Bonchev–Trinajstić information content (AvgIpc) is 1.95. The van der Waals surface area contributed by atoms with Gasteiger partial charge in [-0.25, -0.2) is 0 Å². The maximum atomic E-state index is 12.1. The Kier molecular flexibility index (Phi) is 5.29. The zero-order chi connectivity index (χ0) is 9.61. The Bertz CT molecular complexity index is 111. The summed E-state index contributed by atoms with van der Waals surface area (Å²) in [4.78, 5) is 0. The van der Waals surface area contributed by atoms with E-state index in [-0.39, 0.29) is 12.8 Å². The molecule has 0 aromatic carbocycles. The van der Waals surface area contributed by atoms with Crippen molar-refractivity contribution in [1.82, 2.24) is 0 Å². The van der Waals surface area contributed by atoms with Crippen molar-refractivity contribution >= 4 is 0 Å². The van der Waals surface area contributed by atoms with E-state index in [2.05, 4.69) is 4.74 Å². The molecule has 0 aromatic rings. The maximum Gasteiger partial charge on any atom is 0.391 e. The van der Waals surface area contributed by atoms with Crippen molar-refractivity contribution in [3.8, 4) is 0 Å². The van der Waals surface area contributed by atoms with Crippen LogP contribution in [0.25, 0.3) is 0 Å². The summed E-state index contributed by atoms with van der Waals surface area (Å²) in [5.74, 6) is -1.16. The number of methoxy groups -OCH3 is 1. The minimum absolute atomic E-state index is 0.160. The molecule has 0 saturated carbocycles. The third-order valence-electron chi connectivity index (χ3n) is 1.86. The molecule has 0 spiro atoms. The molecule has 0 bridgehead atoms. The zero-order valence-electron chi connectivity index (χ0n) is 7.45. The first kappa shape index (κ1) is 11.8. The molecular weight excluding hydrogens is 169 g/mol. The number of rotatable bonds is 5. The van der Waals surface area contributed by atoms with Gasteiger partial charge in [0.05, 0.1) is 5.92 Å². The lowest BCUT2D eigenvalue weighted by atomic mass is 10.0. The van der Waals surface area contributed by atoms with Gasteiger partial charge in [-0.1, -0.05) is 6.92 Å². The highest BCUT2D eigenvalue weighted by molar-refractivity contribution is 4.65. The molecule has 0 aliphatic heterocycles. The maximum absolute atomic E-state index is 12.1. The van der Waals surface area contributed by atoms with Crippen molar-refractivity contribution in [3.63, 3.8) is 0 Å². The third-order valence-corrected chi connectivity index (χ3v) is 1.86. The van der Waals surface area contributed by atoms with Gasteiger partial charge in [-0.05, 0) is 19.3 Å². The molecule has 0 unspecified atom stereocenters. The van der Waals surface area contributed by atoms with Crippen molar-refractivity contribution in [1.29, 1.82) is 0 Å². The summed E-state index contributed by atoms with van der Waals surface area (Å²) >= 11 is 0. The molecule has 0 heterocycles. The van der Waals surface area contributed by atoms with Gasteiger partial charge in [0.2, 0.25) is 0 Å². The summed E-state index contributed by atoms with van der Waals surface area (Å²) in [6.07, 6.45) is -3.22. The van der Waals surface area contributed by atoms with Crippen molar-refractivity contribution in [2.75, 3.05) is 13.7 Å². The predicted octanol–water partition coefficient (Wildman–Crippen LogP) is 3.00. The lowest BCUT2D eigenvalue weighted by molar-refractivity contribution is -0.177. The van der Waals surface area contributed by atoms with Crippen LogP contribution in [-0.4, -0.2) is 19.9 Å². The van der Waals surface area contributed by atoms with Gasteiger partial charge in [0, 0.05) is 13.7 Å². The van der Waals surface area contributed by atoms with Crippen LogP contribution in [0.2, 0.25) is 0 Å². The van der Waals surface area contributed by atoms with E-state index in [9.17, 15) is 13.2 Å². The first-order chi connectivity index (χ1) is 5.52. The first-order valence-electron chi connectivity index (χ1n) is 4.08. The van der Waals surface area contributed by atoms with E-state index in [4.69, 9.17) is 0 Å². The average molecular weight is 184 g/mol. The van der Waals surface area contributed by atoms with Crippen LogP contribution in [0.15, 0.2) is 0 Å². The molecule has 0 aliphatic rings. The second kappa shape index (κ2) is 5.41. The molecule has 74 valence electrons. The molecule has 12 heavy (non-hydrogen) atoms. The molecule has 1 atom stereocenters. The van der Waals surface area contributed by atoms with Gasteiger partial charge < -0.3 is 4.74 Å².